The van der Waals surface area contributed by atoms with Crippen LogP contribution in [0.25, 0.3) is 0 Å². The van der Waals surface area contributed by atoms with E-state index in [1.807, 2.05) is 12.1 Å². The van der Waals surface area contributed by atoms with Gasteiger partial charge in [0.1, 0.15) is 6.10 Å². The van der Waals surface area contributed by atoms with E-state index in [1.54, 1.807) is 24.3 Å². The van der Waals surface area contributed by atoms with Gasteiger partial charge in [0.25, 0.3) is 5.91 Å². The number of benzene rings is 2. The zero-order valence-corrected chi connectivity index (χ0v) is 17.4. The molecule has 0 unspecified atom stereocenters. The van der Waals surface area contributed by atoms with Gasteiger partial charge in [0.2, 0.25) is 0 Å². The fourth-order valence-electron chi connectivity index (χ4n) is 4.37. The topological polar surface area (TPSA) is 67.4 Å². The molecule has 158 valence electrons. The summed E-state index contributed by atoms with van der Waals surface area (Å²) in [6.45, 7) is 1.75. The first kappa shape index (κ1) is 20.6. The van der Waals surface area contributed by atoms with Crippen LogP contribution in [0, 0.1) is 0 Å². The maximum atomic E-state index is 12.6. The molecule has 1 saturated carbocycles. The molecule has 0 bridgehead atoms. The molecule has 30 heavy (non-hydrogen) atoms. The monoisotopic (exact) mass is 406 g/mol. The molecule has 2 aliphatic rings. The Morgan fingerprint density at radius 1 is 0.800 bits per heavy atom. The van der Waals surface area contributed by atoms with Crippen molar-refractivity contribution >= 4 is 17.6 Å². The zero-order valence-electron chi connectivity index (χ0n) is 17.4. The Bertz CT molecular complexity index is 849. The van der Waals surface area contributed by atoms with Crippen molar-refractivity contribution in [2.75, 3.05) is 18.4 Å². The Morgan fingerprint density at radius 3 is 2.10 bits per heavy atom. The first-order valence-corrected chi connectivity index (χ1v) is 11.1. The summed E-state index contributed by atoms with van der Waals surface area (Å²) in [5.74, 6) is 0.145. The minimum atomic E-state index is -0.327. The van der Waals surface area contributed by atoms with Gasteiger partial charge in [0.05, 0.1) is 5.56 Å². The van der Waals surface area contributed by atoms with Gasteiger partial charge in [-0.25, -0.2) is 4.79 Å². The van der Waals surface area contributed by atoms with Crippen molar-refractivity contribution in [1.29, 1.82) is 0 Å². The highest BCUT2D eigenvalue weighted by Gasteiger charge is 2.19. The number of piperidine rings is 1. The van der Waals surface area contributed by atoms with Crippen LogP contribution in [0.2, 0.25) is 0 Å². The van der Waals surface area contributed by atoms with Crippen molar-refractivity contribution in [3.8, 4) is 0 Å². The fourth-order valence-corrected chi connectivity index (χ4v) is 4.37. The molecule has 0 radical (unpaired) electrons. The van der Waals surface area contributed by atoms with Crippen molar-refractivity contribution in [3.05, 3.63) is 65.2 Å². The molecule has 2 N–H and O–H groups in total. The molecule has 2 aromatic rings. The van der Waals surface area contributed by atoms with Crippen LogP contribution < -0.4 is 10.6 Å². The van der Waals surface area contributed by atoms with E-state index in [1.165, 1.54) is 37.7 Å². The number of hydrogen-bond acceptors (Lipinski definition) is 4. The molecule has 4 rings (SSSR count). The van der Waals surface area contributed by atoms with Gasteiger partial charge in [-0.1, -0.05) is 31.4 Å². The number of ether oxygens (including phenoxy) is 1. The molecule has 1 heterocycles. The maximum absolute atomic E-state index is 12.6. The van der Waals surface area contributed by atoms with Crippen LogP contribution in [0.15, 0.2) is 48.5 Å². The summed E-state index contributed by atoms with van der Waals surface area (Å²) in [4.78, 5) is 24.9. The SMILES string of the molecule is O=C(Nc1ccc(C2CCCCC2)cc1)c1ccc(C(=O)OC2CCNCC2)cc1. The summed E-state index contributed by atoms with van der Waals surface area (Å²) in [6, 6.07) is 14.9. The standard InChI is InChI=1S/C25H30N2O3/c28-24(27-22-12-10-19(11-13-22)18-4-2-1-3-5-18)20-6-8-21(9-7-20)25(29)30-23-14-16-26-17-15-23/h6-13,18,23,26H,1-5,14-17H2,(H,27,28). The van der Waals surface area contributed by atoms with Crippen molar-refractivity contribution in [2.24, 2.45) is 0 Å². The summed E-state index contributed by atoms with van der Waals surface area (Å²) in [5.41, 5.74) is 3.14. The van der Waals surface area contributed by atoms with Crippen LogP contribution in [0.1, 0.15) is 77.1 Å². The number of nitrogens with one attached hydrogen (secondary N) is 2. The third kappa shape index (κ3) is 5.28. The molecule has 5 nitrogen and oxygen atoms in total. The summed E-state index contributed by atoms with van der Waals surface area (Å²) < 4.78 is 5.56. The minimum absolute atomic E-state index is 0.0293. The van der Waals surface area contributed by atoms with E-state index in [2.05, 4.69) is 22.8 Å². The predicted octanol–water partition coefficient (Wildman–Crippen LogP) is 4.90. The molecule has 2 fully saturated rings. The Kier molecular flexibility index (Phi) is 6.80. The van der Waals surface area contributed by atoms with E-state index in [-0.39, 0.29) is 18.0 Å². The number of rotatable bonds is 5. The van der Waals surface area contributed by atoms with Gasteiger partial charge < -0.3 is 15.4 Å². The molecule has 0 aromatic heterocycles. The molecule has 1 saturated heterocycles. The summed E-state index contributed by atoms with van der Waals surface area (Å²) in [5, 5.41) is 6.19. The normalized spacial score (nSPS) is 18.0. The average molecular weight is 407 g/mol. The molecular weight excluding hydrogens is 376 g/mol. The Labute approximate surface area is 178 Å². The first-order valence-electron chi connectivity index (χ1n) is 11.1. The summed E-state index contributed by atoms with van der Waals surface area (Å²) in [6.07, 6.45) is 8.14. The van der Waals surface area contributed by atoms with Gasteiger partial charge in [0.15, 0.2) is 0 Å². The lowest BCUT2D eigenvalue weighted by Gasteiger charge is -2.22. The van der Waals surface area contributed by atoms with Gasteiger partial charge >= 0.3 is 5.97 Å². The second-order valence-corrected chi connectivity index (χ2v) is 8.34. The molecule has 5 heteroatoms. The fraction of sp³-hybridized carbons (Fsp3) is 0.440. The van der Waals surface area contributed by atoms with Gasteiger partial charge in [-0.05, 0) is 86.7 Å². The van der Waals surface area contributed by atoms with E-state index in [0.29, 0.717) is 17.0 Å². The highest BCUT2D eigenvalue weighted by atomic mass is 16.5. The predicted molar refractivity (Wildman–Crippen MR) is 118 cm³/mol. The molecule has 0 atom stereocenters. The highest BCUT2D eigenvalue weighted by Crippen LogP contribution is 2.33. The number of carbonyl (C=O) groups excluding carboxylic acids is 2. The highest BCUT2D eigenvalue weighted by molar-refractivity contribution is 6.04. The van der Waals surface area contributed by atoms with Crippen LogP contribution in [0.5, 0.6) is 0 Å². The van der Waals surface area contributed by atoms with Crippen molar-refractivity contribution < 1.29 is 14.3 Å². The summed E-state index contributed by atoms with van der Waals surface area (Å²) in [7, 11) is 0. The zero-order chi connectivity index (χ0) is 20.8. The average Bonchev–Trinajstić information content (AvgIpc) is 2.81. The van der Waals surface area contributed by atoms with E-state index in [4.69, 9.17) is 4.74 Å². The maximum Gasteiger partial charge on any atom is 0.338 e. The smallest absolute Gasteiger partial charge is 0.338 e. The van der Waals surface area contributed by atoms with E-state index < -0.39 is 0 Å². The van der Waals surface area contributed by atoms with Crippen LogP contribution in [-0.4, -0.2) is 31.1 Å². The lowest BCUT2D eigenvalue weighted by atomic mass is 9.84. The van der Waals surface area contributed by atoms with Crippen LogP contribution >= 0.6 is 0 Å². The Hall–Kier alpha value is -2.66. The molecule has 1 aliphatic carbocycles. The first-order chi connectivity index (χ1) is 14.7. The third-order valence-corrected chi connectivity index (χ3v) is 6.19. The molecule has 1 aliphatic heterocycles. The van der Waals surface area contributed by atoms with Crippen LogP contribution in [0.3, 0.4) is 0 Å². The lowest BCUT2D eigenvalue weighted by molar-refractivity contribution is 0.0229. The van der Waals surface area contributed by atoms with Crippen LogP contribution in [-0.2, 0) is 4.74 Å². The quantitative estimate of drug-likeness (QED) is 0.694. The lowest BCUT2D eigenvalue weighted by Crippen LogP contribution is -2.33. The number of amides is 1. The number of anilines is 1. The molecule has 1 amide bonds. The molecule has 2 aromatic carbocycles. The van der Waals surface area contributed by atoms with Gasteiger partial charge in [-0.3, -0.25) is 4.79 Å². The van der Waals surface area contributed by atoms with Gasteiger partial charge in [-0.2, -0.15) is 0 Å². The Balaban J connectivity index is 1.32. The second kappa shape index (κ2) is 9.90. The third-order valence-electron chi connectivity index (χ3n) is 6.19. The van der Waals surface area contributed by atoms with Crippen molar-refractivity contribution in [2.45, 2.75) is 57.0 Å². The molecular formula is C25H30N2O3. The van der Waals surface area contributed by atoms with E-state index in [9.17, 15) is 9.59 Å². The van der Waals surface area contributed by atoms with E-state index in [0.717, 1.165) is 31.6 Å². The second-order valence-electron chi connectivity index (χ2n) is 8.34. The summed E-state index contributed by atoms with van der Waals surface area (Å²) >= 11 is 0. The minimum Gasteiger partial charge on any atom is -0.459 e. The van der Waals surface area contributed by atoms with Crippen LogP contribution in [0.4, 0.5) is 5.69 Å². The van der Waals surface area contributed by atoms with Gasteiger partial charge in [0, 0.05) is 11.3 Å². The van der Waals surface area contributed by atoms with Gasteiger partial charge in [-0.15, -0.1) is 0 Å². The van der Waals surface area contributed by atoms with E-state index >= 15 is 0 Å². The largest absolute Gasteiger partial charge is 0.459 e. The molecule has 0 spiro atoms. The van der Waals surface area contributed by atoms with Crippen molar-refractivity contribution in [1.82, 2.24) is 5.32 Å². The number of carbonyl (C=O) groups is 2. The Morgan fingerprint density at radius 2 is 1.43 bits per heavy atom. The van der Waals surface area contributed by atoms with Crippen molar-refractivity contribution in [3.63, 3.8) is 0 Å². The number of esters is 1. The number of hydrogen-bond donors (Lipinski definition) is 2.